The highest BCUT2D eigenvalue weighted by molar-refractivity contribution is 5.95. The van der Waals surface area contributed by atoms with E-state index in [4.69, 9.17) is 20.5 Å². The Hall–Kier alpha value is -3.54. The first-order valence-electron chi connectivity index (χ1n) is 9.47. The monoisotopic (exact) mass is 435 g/mol. The zero-order valence-corrected chi connectivity index (χ0v) is 16.7. The van der Waals surface area contributed by atoms with Crippen LogP contribution in [0.5, 0.6) is 0 Å². The van der Waals surface area contributed by atoms with Crippen LogP contribution in [0.1, 0.15) is 29.2 Å². The second-order valence-corrected chi connectivity index (χ2v) is 7.16. The van der Waals surface area contributed by atoms with E-state index in [2.05, 4.69) is 10.1 Å². The average Bonchev–Trinajstić information content (AvgIpc) is 3.49. The summed E-state index contributed by atoms with van der Waals surface area (Å²) >= 11 is 0. The summed E-state index contributed by atoms with van der Waals surface area (Å²) in [5.74, 6) is -2.03. The largest absolute Gasteiger partial charge is 0.483 e. The number of aromatic carboxylic acids is 1. The second kappa shape index (κ2) is 9.08. The molecule has 1 atom stereocenters. The third kappa shape index (κ3) is 4.33. The Kier molecular flexibility index (Phi) is 6.49. The number of hydrogen-bond acceptors (Lipinski definition) is 8. The number of aromatic nitrogens is 2. The van der Waals surface area contributed by atoms with Crippen LogP contribution >= 0.6 is 0 Å². The number of oxime groups is 1. The van der Waals surface area contributed by atoms with Crippen LogP contribution in [0, 0.1) is 11.7 Å². The van der Waals surface area contributed by atoms with Gasteiger partial charge in [0.05, 0.1) is 17.6 Å². The van der Waals surface area contributed by atoms with Gasteiger partial charge in [0.1, 0.15) is 18.3 Å². The highest BCUT2D eigenvalue weighted by Crippen LogP contribution is 2.37. The summed E-state index contributed by atoms with van der Waals surface area (Å²) in [7, 11) is 1.44. The molecule has 4 rings (SSSR count). The topological polar surface area (TPSA) is 160 Å². The van der Waals surface area contributed by atoms with Crippen LogP contribution in [-0.4, -0.2) is 64.7 Å². The van der Waals surface area contributed by atoms with Crippen LogP contribution in [-0.2, 0) is 9.63 Å². The van der Waals surface area contributed by atoms with Crippen molar-refractivity contribution in [2.45, 2.75) is 18.9 Å². The Labute approximate surface area is 175 Å². The Morgan fingerprint density at radius 2 is 2.16 bits per heavy atom. The molecule has 11 nitrogen and oxygen atoms in total. The number of pyridine rings is 2. The minimum atomic E-state index is -1.34. The summed E-state index contributed by atoms with van der Waals surface area (Å²) in [6.45, 7) is 0.823. The standard InChI is InChI=1S/C18H20FN5O4.CH2O2/c1-28-22-14-8-23(6-9(14)5-20)17-13(19)4-11-15(25)12(18(26)27)7-24(10-2-3-10)16(11)21-17;2-1-3/h4,7,9-10H,2-3,5-6,8,20H2,1H3,(H,26,27);1H,(H,2,3)/t9-;/m0./s1. The lowest BCUT2D eigenvalue weighted by Crippen LogP contribution is -2.26. The van der Waals surface area contributed by atoms with Crippen molar-refractivity contribution in [3.63, 3.8) is 0 Å². The summed E-state index contributed by atoms with van der Waals surface area (Å²) in [5, 5.41) is 20.1. The summed E-state index contributed by atoms with van der Waals surface area (Å²) < 4.78 is 16.5. The minimum Gasteiger partial charge on any atom is -0.483 e. The van der Waals surface area contributed by atoms with E-state index in [-0.39, 0.29) is 40.8 Å². The second-order valence-electron chi connectivity index (χ2n) is 7.16. The van der Waals surface area contributed by atoms with Gasteiger partial charge < -0.3 is 30.3 Å². The Morgan fingerprint density at radius 3 is 2.71 bits per heavy atom. The molecule has 4 N–H and O–H groups in total. The molecule has 12 heteroatoms. The summed E-state index contributed by atoms with van der Waals surface area (Å²) in [4.78, 5) is 43.3. The molecule has 0 radical (unpaired) electrons. The molecule has 1 saturated heterocycles. The Bertz CT molecular complexity index is 1100. The molecule has 2 fully saturated rings. The molecule has 1 saturated carbocycles. The van der Waals surface area contributed by atoms with Gasteiger partial charge in [-0.05, 0) is 18.9 Å². The molecular weight excluding hydrogens is 413 g/mol. The number of carboxylic acids is 1. The van der Waals surface area contributed by atoms with Crippen LogP contribution < -0.4 is 16.1 Å². The molecule has 0 amide bonds. The fourth-order valence-electron chi connectivity index (χ4n) is 3.60. The molecule has 1 aliphatic heterocycles. The maximum Gasteiger partial charge on any atom is 0.341 e. The normalized spacial score (nSPS) is 19.3. The molecule has 3 heterocycles. The molecule has 166 valence electrons. The van der Waals surface area contributed by atoms with Gasteiger partial charge in [-0.15, -0.1) is 0 Å². The van der Waals surface area contributed by atoms with Crippen LogP contribution in [0.25, 0.3) is 11.0 Å². The van der Waals surface area contributed by atoms with Gasteiger partial charge in [0.25, 0.3) is 6.47 Å². The number of carboxylic acid groups (broad SMARTS) is 2. The molecule has 1 aliphatic carbocycles. The first-order valence-corrected chi connectivity index (χ1v) is 9.47. The smallest absolute Gasteiger partial charge is 0.341 e. The first kappa shape index (κ1) is 22.2. The van der Waals surface area contributed by atoms with E-state index in [0.29, 0.717) is 25.3 Å². The molecule has 31 heavy (non-hydrogen) atoms. The van der Waals surface area contributed by atoms with Crippen molar-refractivity contribution in [1.82, 2.24) is 9.55 Å². The van der Waals surface area contributed by atoms with E-state index >= 15 is 0 Å². The van der Waals surface area contributed by atoms with Crippen LogP contribution in [0.15, 0.2) is 22.2 Å². The van der Waals surface area contributed by atoms with Crippen molar-refractivity contribution in [2.24, 2.45) is 16.8 Å². The van der Waals surface area contributed by atoms with Crippen molar-refractivity contribution >= 4 is 35.0 Å². The van der Waals surface area contributed by atoms with Crippen molar-refractivity contribution in [3.8, 4) is 0 Å². The van der Waals surface area contributed by atoms with E-state index in [0.717, 1.165) is 18.9 Å². The van der Waals surface area contributed by atoms with Crippen LogP contribution in [0.2, 0.25) is 0 Å². The fourth-order valence-corrected chi connectivity index (χ4v) is 3.60. The van der Waals surface area contributed by atoms with Crippen molar-refractivity contribution in [1.29, 1.82) is 0 Å². The number of halogens is 1. The van der Waals surface area contributed by atoms with Crippen LogP contribution in [0.3, 0.4) is 0 Å². The van der Waals surface area contributed by atoms with Gasteiger partial charge in [-0.1, -0.05) is 5.16 Å². The van der Waals surface area contributed by atoms with Gasteiger partial charge in [-0.25, -0.2) is 14.2 Å². The molecule has 2 aromatic rings. The third-order valence-electron chi connectivity index (χ3n) is 5.17. The number of hydrogen-bond donors (Lipinski definition) is 3. The number of fused-ring (bicyclic) bond motifs is 1. The number of carbonyl (C=O) groups is 2. The zero-order valence-electron chi connectivity index (χ0n) is 16.7. The minimum absolute atomic E-state index is 0.0339. The highest BCUT2D eigenvalue weighted by atomic mass is 19.1. The molecule has 2 aromatic heterocycles. The molecule has 0 aromatic carbocycles. The quantitative estimate of drug-likeness (QED) is 0.453. The third-order valence-corrected chi connectivity index (χ3v) is 5.17. The van der Waals surface area contributed by atoms with Gasteiger partial charge in [0.2, 0.25) is 5.43 Å². The molecule has 2 aliphatic rings. The summed E-state index contributed by atoms with van der Waals surface area (Å²) in [6.07, 6.45) is 3.02. The number of nitrogens with zero attached hydrogens (tertiary/aromatic N) is 4. The molecule has 0 spiro atoms. The van der Waals surface area contributed by atoms with Crippen molar-refractivity contribution in [3.05, 3.63) is 33.9 Å². The van der Waals surface area contributed by atoms with Gasteiger partial charge in [0, 0.05) is 31.2 Å². The van der Waals surface area contributed by atoms with E-state index in [1.54, 1.807) is 9.47 Å². The van der Waals surface area contributed by atoms with E-state index < -0.39 is 17.2 Å². The lowest BCUT2D eigenvalue weighted by molar-refractivity contribution is -0.122. The van der Waals surface area contributed by atoms with Crippen molar-refractivity contribution < 1.29 is 29.0 Å². The fraction of sp³-hybridized carbons (Fsp3) is 0.421. The van der Waals surface area contributed by atoms with Crippen LogP contribution in [0.4, 0.5) is 10.2 Å². The number of nitrogens with two attached hydrogens (primary N) is 1. The zero-order chi connectivity index (χ0) is 22.7. The first-order chi connectivity index (χ1) is 14.9. The van der Waals surface area contributed by atoms with E-state index in [9.17, 15) is 19.1 Å². The predicted octanol–water partition coefficient (Wildman–Crippen LogP) is 0.667. The Morgan fingerprint density at radius 1 is 1.48 bits per heavy atom. The van der Waals surface area contributed by atoms with Gasteiger partial charge in [-0.2, -0.15) is 0 Å². The lowest BCUT2D eigenvalue weighted by atomic mass is 10.1. The van der Waals surface area contributed by atoms with E-state index in [1.807, 2.05) is 0 Å². The van der Waals surface area contributed by atoms with Gasteiger partial charge in [-0.3, -0.25) is 9.59 Å². The molecule has 0 unspecified atom stereocenters. The number of rotatable bonds is 5. The maximum atomic E-state index is 14.9. The average molecular weight is 435 g/mol. The van der Waals surface area contributed by atoms with Gasteiger partial charge in [0.15, 0.2) is 11.6 Å². The summed E-state index contributed by atoms with van der Waals surface area (Å²) in [5.41, 5.74) is 5.65. The predicted molar refractivity (Wildman–Crippen MR) is 109 cm³/mol. The van der Waals surface area contributed by atoms with Crippen molar-refractivity contribution in [2.75, 3.05) is 31.6 Å². The highest BCUT2D eigenvalue weighted by Gasteiger charge is 2.33. The lowest BCUT2D eigenvalue weighted by Gasteiger charge is -2.19. The SMILES string of the molecule is CON=C1CN(c2nc3c(cc2F)c(=O)c(C(=O)O)cn3C2CC2)C[C@@H]1CN.O=CO. The molecule has 0 bridgehead atoms. The maximum absolute atomic E-state index is 14.9. The van der Waals surface area contributed by atoms with Gasteiger partial charge >= 0.3 is 5.97 Å². The number of anilines is 1. The Balaban J connectivity index is 0.000000858. The molecular formula is C19H22FN5O6. The van der Waals surface area contributed by atoms with E-state index in [1.165, 1.54) is 13.3 Å². The summed E-state index contributed by atoms with van der Waals surface area (Å²) in [6, 6.07) is 1.14.